The number of carboxylic acids is 1. The minimum Gasteiger partial charge on any atom is -0.476 e. The molecule has 1 saturated carbocycles. The maximum absolute atomic E-state index is 10.6. The van der Waals surface area contributed by atoms with E-state index in [1.165, 1.54) is 24.2 Å². The number of nitrogens with zero attached hydrogens (tertiary/aromatic N) is 2. The standard InChI is InChI=1S/C10H15N3O2S/c1-13(7-2-3-7)5-4-11-10-12-8(6-16-10)9(14)15/h6-7H,2-5H2,1H3,(H,11,12)(H,14,15). The number of hydrogen-bond donors (Lipinski definition) is 2. The maximum Gasteiger partial charge on any atom is 0.355 e. The first-order chi connectivity index (χ1) is 7.66. The molecule has 1 aliphatic carbocycles. The highest BCUT2D eigenvalue weighted by molar-refractivity contribution is 7.13. The van der Waals surface area contributed by atoms with Gasteiger partial charge in [0.15, 0.2) is 10.8 Å². The number of anilines is 1. The Morgan fingerprint density at radius 3 is 3.06 bits per heavy atom. The quantitative estimate of drug-likeness (QED) is 0.787. The van der Waals surface area contributed by atoms with Gasteiger partial charge in [0, 0.05) is 24.5 Å². The van der Waals surface area contributed by atoms with Crippen molar-refractivity contribution in [1.82, 2.24) is 9.88 Å². The second kappa shape index (κ2) is 4.80. The summed E-state index contributed by atoms with van der Waals surface area (Å²) in [6.45, 7) is 1.77. The fourth-order valence-electron chi connectivity index (χ4n) is 1.49. The lowest BCUT2D eigenvalue weighted by Gasteiger charge is -2.15. The zero-order valence-electron chi connectivity index (χ0n) is 9.14. The number of aromatic nitrogens is 1. The monoisotopic (exact) mass is 241 g/mol. The second-order valence-corrected chi connectivity index (χ2v) is 4.84. The highest BCUT2D eigenvalue weighted by Gasteiger charge is 2.25. The molecule has 2 N–H and O–H groups in total. The van der Waals surface area contributed by atoms with Crippen LogP contribution in [0.4, 0.5) is 5.13 Å². The van der Waals surface area contributed by atoms with E-state index in [1.807, 2.05) is 0 Å². The summed E-state index contributed by atoms with van der Waals surface area (Å²) in [5.74, 6) is -0.973. The average Bonchev–Trinajstić information content (AvgIpc) is 2.98. The molecular formula is C10H15N3O2S. The summed E-state index contributed by atoms with van der Waals surface area (Å²) in [5.41, 5.74) is 0.114. The first-order valence-electron chi connectivity index (χ1n) is 5.30. The summed E-state index contributed by atoms with van der Waals surface area (Å²) in [7, 11) is 2.11. The van der Waals surface area contributed by atoms with Gasteiger partial charge in [0.05, 0.1) is 0 Å². The van der Waals surface area contributed by atoms with E-state index in [1.54, 1.807) is 5.38 Å². The molecular weight excluding hydrogens is 226 g/mol. The van der Waals surface area contributed by atoms with Gasteiger partial charge in [-0.25, -0.2) is 9.78 Å². The van der Waals surface area contributed by atoms with Gasteiger partial charge in [-0.3, -0.25) is 0 Å². The molecule has 0 radical (unpaired) electrons. The molecule has 0 bridgehead atoms. The van der Waals surface area contributed by atoms with E-state index in [9.17, 15) is 4.79 Å². The van der Waals surface area contributed by atoms with Crippen LogP contribution in [0.2, 0.25) is 0 Å². The smallest absolute Gasteiger partial charge is 0.355 e. The van der Waals surface area contributed by atoms with E-state index in [4.69, 9.17) is 5.11 Å². The fraction of sp³-hybridized carbons (Fsp3) is 0.600. The molecule has 1 fully saturated rings. The van der Waals surface area contributed by atoms with Gasteiger partial charge >= 0.3 is 5.97 Å². The van der Waals surface area contributed by atoms with Crippen molar-refractivity contribution in [3.63, 3.8) is 0 Å². The molecule has 6 heteroatoms. The lowest BCUT2D eigenvalue weighted by Crippen LogP contribution is -2.26. The molecule has 88 valence electrons. The number of hydrogen-bond acceptors (Lipinski definition) is 5. The number of thiazole rings is 1. The molecule has 0 spiro atoms. The van der Waals surface area contributed by atoms with Crippen LogP contribution < -0.4 is 5.32 Å². The zero-order valence-corrected chi connectivity index (χ0v) is 9.96. The van der Waals surface area contributed by atoms with Crippen LogP contribution in [0.15, 0.2) is 5.38 Å². The van der Waals surface area contributed by atoms with E-state index in [-0.39, 0.29) is 5.69 Å². The van der Waals surface area contributed by atoms with Gasteiger partial charge in [0.2, 0.25) is 0 Å². The SMILES string of the molecule is CN(CCNc1nc(C(=O)O)cs1)C1CC1. The fourth-order valence-corrected chi connectivity index (χ4v) is 2.20. The van der Waals surface area contributed by atoms with Crippen LogP contribution in [0.5, 0.6) is 0 Å². The number of rotatable bonds is 6. The van der Waals surface area contributed by atoms with Gasteiger partial charge in [0.1, 0.15) is 0 Å². The van der Waals surface area contributed by atoms with Crippen LogP contribution >= 0.6 is 11.3 Å². The number of aromatic carboxylic acids is 1. The molecule has 0 unspecified atom stereocenters. The van der Waals surface area contributed by atoms with E-state index >= 15 is 0 Å². The zero-order chi connectivity index (χ0) is 11.5. The van der Waals surface area contributed by atoms with Crippen molar-refractivity contribution in [2.45, 2.75) is 18.9 Å². The molecule has 5 nitrogen and oxygen atoms in total. The molecule has 1 aromatic heterocycles. The Labute approximate surface area is 98.1 Å². The number of likely N-dealkylation sites (N-methyl/N-ethyl adjacent to an activating group) is 1. The van der Waals surface area contributed by atoms with Crippen LogP contribution in [-0.2, 0) is 0 Å². The van der Waals surface area contributed by atoms with Crippen LogP contribution in [-0.4, -0.2) is 47.1 Å². The normalized spacial score (nSPS) is 15.4. The molecule has 0 atom stereocenters. The van der Waals surface area contributed by atoms with Crippen molar-refractivity contribution in [3.8, 4) is 0 Å². The second-order valence-electron chi connectivity index (χ2n) is 3.98. The third-order valence-corrected chi connectivity index (χ3v) is 3.43. The van der Waals surface area contributed by atoms with Gasteiger partial charge in [-0.15, -0.1) is 11.3 Å². The Kier molecular flexibility index (Phi) is 3.40. The van der Waals surface area contributed by atoms with Crippen molar-refractivity contribution in [2.24, 2.45) is 0 Å². The minimum absolute atomic E-state index is 0.114. The Morgan fingerprint density at radius 2 is 2.50 bits per heavy atom. The lowest BCUT2D eigenvalue weighted by molar-refractivity contribution is 0.0691. The number of carboxylic acid groups (broad SMARTS) is 1. The van der Waals surface area contributed by atoms with E-state index in [0.29, 0.717) is 5.13 Å². The Morgan fingerprint density at radius 1 is 1.75 bits per heavy atom. The summed E-state index contributed by atoms with van der Waals surface area (Å²) in [4.78, 5) is 16.9. The van der Waals surface area contributed by atoms with E-state index in [2.05, 4.69) is 22.2 Å². The first-order valence-corrected chi connectivity index (χ1v) is 6.17. The van der Waals surface area contributed by atoms with E-state index < -0.39 is 5.97 Å². The third kappa shape index (κ3) is 2.93. The molecule has 0 aromatic carbocycles. The summed E-state index contributed by atoms with van der Waals surface area (Å²) < 4.78 is 0. The topological polar surface area (TPSA) is 65.5 Å². The highest BCUT2D eigenvalue weighted by Crippen LogP contribution is 2.24. The molecule has 0 amide bonds. The summed E-state index contributed by atoms with van der Waals surface area (Å²) in [6.07, 6.45) is 2.60. The Hall–Kier alpha value is -1.14. The summed E-state index contributed by atoms with van der Waals surface area (Å²) in [6, 6.07) is 0.757. The summed E-state index contributed by atoms with van der Waals surface area (Å²) in [5, 5.41) is 14.1. The Bertz CT molecular complexity index is 376. The van der Waals surface area contributed by atoms with Crippen molar-refractivity contribution in [2.75, 3.05) is 25.5 Å². The van der Waals surface area contributed by atoms with Gasteiger partial charge < -0.3 is 15.3 Å². The number of carbonyl (C=O) groups is 1. The van der Waals surface area contributed by atoms with Gasteiger partial charge in [-0.05, 0) is 19.9 Å². The van der Waals surface area contributed by atoms with Crippen molar-refractivity contribution in [3.05, 3.63) is 11.1 Å². The molecule has 1 aromatic rings. The highest BCUT2D eigenvalue weighted by atomic mass is 32.1. The van der Waals surface area contributed by atoms with Crippen molar-refractivity contribution >= 4 is 22.4 Å². The predicted molar refractivity (Wildman–Crippen MR) is 63.2 cm³/mol. The average molecular weight is 241 g/mol. The van der Waals surface area contributed by atoms with Gasteiger partial charge in [-0.2, -0.15) is 0 Å². The van der Waals surface area contributed by atoms with Crippen LogP contribution in [0.3, 0.4) is 0 Å². The maximum atomic E-state index is 10.6. The van der Waals surface area contributed by atoms with Crippen LogP contribution in [0.1, 0.15) is 23.3 Å². The van der Waals surface area contributed by atoms with Crippen molar-refractivity contribution in [1.29, 1.82) is 0 Å². The molecule has 1 heterocycles. The molecule has 0 aliphatic heterocycles. The third-order valence-electron chi connectivity index (χ3n) is 2.63. The first kappa shape index (κ1) is 11.3. The molecule has 0 saturated heterocycles. The van der Waals surface area contributed by atoms with E-state index in [0.717, 1.165) is 19.1 Å². The van der Waals surface area contributed by atoms with Crippen LogP contribution in [0, 0.1) is 0 Å². The predicted octanol–water partition coefficient (Wildman–Crippen LogP) is 1.35. The minimum atomic E-state index is -0.973. The Balaban J connectivity index is 1.73. The van der Waals surface area contributed by atoms with Gasteiger partial charge in [0.25, 0.3) is 0 Å². The van der Waals surface area contributed by atoms with Crippen LogP contribution in [0.25, 0.3) is 0 Å². The molecule has 2 rings (SSSR count). The molecule has 1 aliphatic rings. The van der Waals surface area contributed by atoms with Gasteiger partial charge in [-0.1, -0.05) is 0 Å². The number of nitrogens with one attached hydrogen (secondary N) is 1. The molecule has 16 heavy (non-hydrogen) atoms. The lowest BCUT2D eigenvalue weighted by atomic mass is 10.5. The largest absolute Gasteiger partial charge is 0.476 e. The summed E-state index contributed by atoms with van der Waals surface area (Å²) >= 11 is 1.33. The van der Waals surface area contributed by atoms with Crippen molar-refractivity contribution < 1.29 is 9.90 Å².